The summed E-state index contributed by atoms with van der Waals surface area (Å²) in [6.07, 6.45) is 0.994. The molecule has 0 radical (unpaired) electrons. The molecule has 4 nitrogen and oxygen atoms in total. The first kappa shape index (κ1) is 15.8. The monoisotopic (exact) mass is 293 g/mol. The molecule has 0 spiro atoms. The Morgan fingerprint density at radius 3 is 2.38 bits per heavy atom. The van der Waals surface area contributed by atoms with Gasteiger partial charge in [0.1, 0.15) is 5.82 Å². The number of urea groups is 1. The maximum atomic E-state index is 13.1. The Morgan fingerprint density at radius 2 is 1.90 bits per heavy atom. The largest absolute Gasteiger partial charge is 0.324 e. The second-order valence-electron chi connectivity index (χ2n) is 6.07. The molecule has 0 saturated carbocycles. The van der Waals surface area contributed by atoms with Gasteiger partial charge in [0.15, 0.2) is 0 Å². The van der Waals surface area contributed by atoms with Crippen LogP contribution in [0.2, 0.25) is 0 Å². The Kier molecular flexibility index (Phi) is 4.83. The van der Waals surface area contributed by atoms with Gasteiger partial charge >= 0.3 is 6.03 Å². The summed E-state index contributed by atoms with van der Waals surface area (Å²) in [5, 5.41) is 0. The van der Waals surface area contributed by atoms with Crippen LogP contribution in [-0.2, 0) is 0 Å². The molecule has 1 aliphatic heterocycles. The lowest BCUT2D eigenvalue weighted by atomic mass is 10.2. The zero-order valence-corrected chi connectivity index (χ0v) is 13.2. The molecule has 2 amide bonds. The van der Waals surface area contributed by atoms with Crippen LogP contribution >= 0.6 is 0 Å². The predicted molar refractivity (Wildman–Crippen MR) is 83.1 cm³/mol. The minimum absolute atomic E-state index is 0.000887. The fraction of sp³-hybridized carbons (Fsp3) is 0.562. The van der Waals surface area contributed by atoms with Gasteiger partial charge < -0.3 is 9.80 Å². The molecule has 0 bridgehead atoms. The van der Waals surface area contributed by atoms with Gasteiger partial charge in [-0.3, -0.25) is 4.90 Å². The average Bonchev–Trinajstić information content (AvgIpc) is 2.90. The van der Waals surface area contributed by atoms with Crippen molar-refractivity contribution in [2.24, 2.45) is 0 Å². The normalized spacial score (nSPS) is 18.6. The molecule has 1 fully saturated rings. The molecule has 0 aromatic heterocycles. The average molecular weight is 293 g/mol. The molecular formula is C16H24FN3O. The first-order valence-electron chi connectivity index (χ1n) is 7.40. The lowest BCUT2D eigenvalue weighted by molar-refractivity contribution is 0.208. The second kappa shape index (κ2) is 6.43. The number of halogens is 1. The molecule has 1 aliphatic rings. The summed E-state index contributed by atoms with van der Waals surface area (Å²) in [5.74, 6) is -0.288. The SMILES string of the molecule is CC(C)N(C(=O)N1CC[C@@H](N(C)C)C1)c1ccc(F)cc1. The number of nitrogens with zero attached hydrogens (tertiary/aromatic N) is 3. The summed E-state index contributed by atoms with van der Waals surface area (Å²) in [4.78, 5) is 18.6. The van der Waals surface area contributed by atoms with Crippen LogP contribution in [0.4, 0.5) is 14.9 Å². The number of likely N-dealkylation sites (tertiary alicyclic amines) is 1. The van der Waals surface area contributed by atoms with Crippen molar-refractivity contribution in [2.75, 3.05) is 32.1 Å². The third-order valence-corrected chi connectivity index (χ3v) is 3.99. The summed E-state index contributed by atoms with van der Waals surface area (Å²) in [5.41, 5.74) is 0.740. The maximum Gasteiger partial charge on any atom is 0.324 e. The number of rotatable bonds is 3. The summed E-state index contributed by atoms with van der Waals surface area (Å²) < 4.78 is 13.1. The molecule has 1 saturated heterocycles. The zero-order valence-electron chi connectivity index (χ0n) is 13.2. The molecule has 0 N–H and O–H groups in total. The smallest absolute Gasteiger partial charge is 0.323 e. The van der Waals surface area contributed by atoms with E-state index in [4.69, 9.17) is 0 Å². The number of hydrogen-bond acceptors (Lipinski definition) is 2. The van der Waals surface area contributed by atoms with E-state index in [0.717, 1.165) is 25.2 Å². The van der Waals surface area contributed by atoms with Gasteiger partial charge in [-0.25, -0.2) is 9.18 Å². The lowest BCUT2D eigenvalue weighted by Crippen LogP contribution is -2.46. The predicted octanol–water partition coefficient (Wildman–Crippen LogP) is 2.80. The van der Waals surface area contributed by atoms with Crippen LogP contribution in [0.1, 0.15) is 20.3 Å². The van der Waals surface area contributed by atoms with Gasteiger partial charge in [-0.15, -0.1) is 0 Å². The van der Waals surface area contributed by atoms with E-state index < -0.39 is 0 Å². The van der Waals surface area contributed by atoms with Crippen molar-refractivity contribution in [3.8, 4) is 0 Å². The molecule has 116 valence electrons. The highest BCUT2D eigenvalue weighted by molar-refractivity contribution is 5.92. The summed E-state index contributed by atoms with van der Waals surface area (Å²) in [6, 6.07) is 6.55. The van der Waals surface area contributed by atoms with Crippen molar-refractivity contribution in [1.29, 1.82) is 0 Å². The van der Waals surface area contributed by atoms with Gasteiger partial charge in [0.05, 0.1) is 0 Å². The van der Waals surface area contributed by atoms with Crippen LogP contribution in [0.5, 0.6) is 0 Å². The van der Waals surface area contributed by atoms with Crippen molar-refractivity contribution in [3.05, 3.63) is 30.1 Å². The van der Waals surface area contributed by atoms with Crippen LogP contribution in [-0.4, -0.2) is 55.1 Å². The quantitative estimate of drug-likeness (QED) is 0.857. The molecule has 21 heavy (non-hydrogen) atoms. The molecule has 1 aromatic rings. The van der Waals surface area contributed by atoms with Crippen molar-refractivity contribution in [3.63, 3.8) is 0 Å². The minimum Gasteiger partial charge on any atom is -0.323 e. The molecule has 1 atom stereocenters. The molecule has 0 aliphatic carbocycles. The Bertz CT molecular complexity index is 487. The van der Waals surface area contributed by atoms with Crippen molar-refractivity contribution in [1.82, 2.24) is 9.80 Å². The Labute approximate surface area is 126 Å². The number of anilines is 1. The Balaban J connectivity index is 2.15. The summed E-state index contributed by atoms with van der Waals surface area (Å²) in [6.45, 7) is 5.46. The van der Waals surface area contributed by atoms with E-state index in [1.54, 1.807) is 17.0 Å². The fourth-order valence-electron chi connectivity index (χ4n) is 2.72. The highest BCUT2D eigenvalue weighted by Crippen LogP contribution is 2.22. The Morgan fingerprint density at radius 1 is 1.29 bits per heavy atom. The third-order valence-electron chi connectivity index (χ3n) is 3.99. The third kappa shape index (κ3) is 3.53. The highest BCUT2D eigenvalue weighted by atomic mass is 19.1. The number of benzene rings is 1. The summed E-state index contributed by atoms with van der Waals surface area (Å²) >= 11 is 0. The van der Waals surface area contributed by atoms with Crippen LogP contribution < -0.4 is 4.90 Å². The van der Waals surface area contributed by atoms with Gasteiger partial charge in [-0.05, 0) is 58.6 Å². The highest BCUT2D eigenvalue weighted by Gasteiger charge is 2.31. The molecule has 1 aromatic carbocycles. The van der Waals surface area contributed by atoms with Gasteiger partial charge in [-0.1, -0.05) is 0 Å². The fourth-order valence-corrected chi connectivity index (χ4v) is 2.72. The second-order valence-corrected chi connectivity index (χ2v) is 6.07. The number of amides is 2. The van der Waals surface area contributed by atoms with E-state index in [9.17, 15) is 9.18 Å². The van der Waals surface area contributed by atoms with Gasteiger partial charge in [-0.2, -0.15) is 0 Å². The first-order chi connectivity index (χ1) is 9.90. The van der Waals surface area contributed by atoms with Crippen molar-refractivity contribution >= 4 is 11.7 Å². The van der Waals surface area contributed by atoms with Gasteiger partial charge in [0.2, 0.25) is 0 Å². The summed E-state index contributed by atoms with van der Waals surface area (Å²) in [7, 11) is 4.08. The molecular weight excluding hydrogens is 269 g/mol. The van der Waals surface area contributed by atoms with Crippen LogP contribution in [0, 0.1) is 5.82 Å². The topological polar surface area (TPSA) is 26.8 Å². The molecule has 5 heteroatoms. The number of hydrogen-bond donors (Lipinski definition) is 0. The number of carbonyl (C=O) groups is 1. The van der Waals surface area contributed by atoms with Crippen LogP contribution in [0.25, 0.3) is 0 Å². The van der Waals surface area contributed by atoms with Gasteiger partial charge in [0.25, 0.3) is 0 Å². The van der Waals surface area contributed by atoms with Gasteiger partial charge in [0, 0.05) is 30.9 Å². The standard InChI is InChI=1S/C16H24FN3O/c1-12(2)20(14-7-5-13(17)6-8-14)16(21)19-10-9-15(11-19)18(3)4/h5-8,12,15H,9-11H2,1-4H3/t15-/m1/s1. The number of carbonyl (C=O) groups excluding carboxylic acids is 1. The lowest BCUT2D eigenvalue weighted by Gasteiger charge is -2.31. The van der Waals surface area contributed by atoms with E-state index in [0.29, 0.717) is 6.04 Å². The molecule has 2 rings (SSSR count). The van der Waals surface area contributed by atoms with E-state index >= 15 is 0 Å². The minimum atomic E-state index is -0.288. The molecule has 0 unspecified atom stereocenters. The van der Waals surface area contributed by atoms with E-state index in [-0.39, 0.29) is 17.9 Å². The first-order valence-corrected chi connectivity index (χ1v) is 7.40. The van der Waals surface area contributed by atoms with Crippen LogP contribution in [0.15, 0.2) is 24.3 Å². The van der Waals surface area contributed by atoms with E-state index in [1.807, 2.05) is 32.8 Å². The van der Waals surface area contributed by atoms with Crippen molar-refractivity contribution in [2.45, 2.75) is 32.4 Å². The molecule has 1 heterocycles. The van der Waals surface area contributed by atoms with E-state index in [2.05, 4.69) is 4.90 Å². The number of likely N-dealkylation sites (N-methyl/N-ethyl adjacent to an activating group) is 1. The van der Waals surface area contributed by atoms with E-state index in [1.165, 1.54) is 12.1 Å². The zero-order chi connectivity index (χ0) is 15.6. The maximum absolute atomic E-state index is 13.1. The Hall–Kier alpha value is -1.62. The van der Waals surface area contributed by atoms with Crippen LogP contribution in [0.3, 0.4) is 0 Å². The van der Waals surface area contributed by atoms with Crippen molar-refractivity contribution < 1.29 is 9.18 Å².